The number of carbonyl (C=O) groups is 1. The van der Waals surface area contributed by atoms with Gasteiger partial charge in [0.05, 0.1) is 12.3 Å². The minimum absolute atomic E-state index is 0.0637. The number of benzene rings is 3. The third-order valence-corrected chi connectivity index (χ3v) is 5.13. The second-order valence-corrected chi connectivity index (χ2v) is 7.82. The molecule has 0 aliphatic heterocycles. The van der Waals surface area contributed by atoms with Gasteiger partial charge in [-0.15, -0.1) is 5.10 Å². The molecule has 0 aliphatic carbocycles. The van der Waals surface area contributed by atoms with Crippen molar-refractivity contribution in [1.29, 1.82) is 0 Å². The van der Waals surface area contributed by atoms with Crippen LogP contribution in [0.5, 0.6) is 5.75 Å². The molecule has 0 saturated heterocycles. The van der Waals surface area contributed by atoms with Gasteiger partial charge in [0.2, 0.25) is 5.82 Å². The summed E-state index contributed by atoms with van der Waals surface area (Å²) in [7, 11) is 0. The van der Waals surface area contributed by atoms with Gasteiger partial charge in [-0.1, -0.05) is 41.4 Å². The van der Waals surface area contributed by atoms with Gasteiger partial charge >= 0.3 is 0 Å². The topological polar surface area (TPSA) is 69.0 Å². The Hall–Kier alpha value is -3.64. The van der Waals surface area contributed by atoms with Crippen molar-refractivity contribution in [1.82, 2.24) is 14.8 Å². The third-order valence-electron chi connectivity index (χ3n) is 4.90. The molecule has 4 aromatic rings. The number of amides is 1. The van der Waals surface area contributed by atoms with Gasteiger partial charge in [0, 0.05) is 16.3 Å². The molecule has 0 fully saturated rings. The smallest absolute Gasteiger partial charge is 0.295 e. The monoisotopic (exact) mass is 446 g/mol. The van der Waals surface area contributed by atoms with Crippen molar-refractivity contribution >= 4 is 23.2 Å². The molecule has 162 valence electrons. The number of nitrogens with one attached hydrogen (secondary N) is 1. The van der Waals surface area contributed by atoms with Gasteiger partial charge < -0.3 is 10.1 Å². The highest BCUT2D eigenvalue weighted by molar-refractivity contribution is 6.30. The summed E-state index contributed by atoms with van der Waals surface area (Å²) in [5.41, 5.74) is 4.41. The van der Waals surface area contributed by atoms with E-state index in [1.165, 1.54) is 0 Å². The summed E-state index contributed by atoms with van der Waals surface area (Å²) in [5, 5.41) is 7.97. The molecule has 6 nitrogen and oxygen atoms in total. The Bertz CT molecular complexity index is 1270. The van der Waals surface area contributed by atoms with Crippen LogP contribution in [0.4, 0.5) is 5.69 Å². The van der Waals surface area contributed by atoms with Crippen molar-refractivity contribution in [2.24, 2.45) is 0 Å². The van der Waals surface area contributed by atoms with Gasteiger partial charge in [-0.3, -0.25) is 4.79 Å². The number of rotatable bonds is 6. The third kappa shape index (κ3) is 4.65. The molecule has 1 aromatic heterocycles. The Labute approximate surface area is 191 Å². The maximum Gasteiger partial charge on any atom is 0.295 e. The molecule has 0 atom stereocenters. The first-order valence-electron chi connectivity index (χ1n) is 10.3. The lowest BCUT2D eigenvalue weighted by molar-refractivity contribution is 0.101. The van der Waals surface area contributed by atoms with Crippen molar-refractivity contribution in [3.05, 3.63) is 88.7 Å². The molecule has 0 saturated carbocycles. The van der Waals surface area contributed by atoms with Crippen molar-refractivity contribution in [3.63, 3.8) is 0 Å². The minimum atomic E-state index is -0.402. The van der Waals surface area contributed by atoms with Crippen LogP contribution in [0.25, 0.3) is 17.1 Å². The fourth-order valence-electron chi connectivity index (χ4n) is 3.42. The summed E-state index contributed by atoms with van der Waals surface area (Å²) in [4.78, 5) is 17.5. The lowest BCUT2D eigenvalue weighted by Crippen LogP contribution is -2.14. The van der Waals surface area contributed by atoms with E-state index in [1.807, 2.05) is 45.0 Å². The van der Waals surface area contributed by atoms with Gasteiger partial charge in [0.15, 0.2) is 5.82 Å². The fourth-order valence-corrected chi connectivity index (χ4v) is 3.61. The molecule has 0 bridgehead atoms. The quantitative estimate of drug-likeness (QED) is 0.403. The van der Waals surface area contributed by atoms with E-state index >= 15 is 0 Å². The van der Waals surface area contributed by atoms with Crippen molar-refractivity contribution in [2.75, 3.05) is 11.9 Å². The minimum Gasteiger partial charge on any atom is -0.494 e. The lowest BCUT2D eigenvalue weighted by atomic mass is 10.1. The molecule has 7 heteroatoms. The molecule has 32 heavy (non-hydrogen) atoms. The van der Waals surface area contributed by atoms with Gasteiger partial charge in [-0.05, 0) is 68.8 Å². The van der Waals surface area contributed by atoms with Crippen molar-refractivity contribution in [2.45, 2.75) is 20.8 Å². The zero-order valence-electron chi connectivity index (χ0n) is 18.1. The Morgan fingerprint density at radius 1 is 1.06 bits per heavy atom. The molecule has 0 unspecified atom stereocenters. The average molecular weight is 447 g/mol. The largest absolute Gasteiger partial charge is 0.494 e. The fraction of sp³-hybridized carbons (Fsp3) is 0.160. The Morgan fingerprint density at radius 3 is 2.53 bits per heavy atom. The van der Waals surface area contributed by atoms with Crippen LogP contribution in [0.1, 0.15) is 28.7 Å². The number of hydrogen-bond acceptors (Lipinski definition) is 4. The van der Waals surface area contributed by atoms with E-state index in [0.29, 0.717) is 23.1 Å². The summed E-state index contributed by atoms with van der Waals surface area (Å²) in [6.07, 6.45) is 0. The van der Waals surface area contributed by atoms with E-state index < -0.39 is 5.91 Å². The Balaban J connectivity index is 1.72. The number of anilines is 1. The first-order valence-corrected chi connectivity index (χ1v) is 10.7. The first kappa shape index (κ1) is 21.6. The predicted molar refractivity (Wildman–Crippen MR) is 127 cm³/mol. The van der Waals surface area contributed by atoms with Crippen molar-refractivity contribution < 1.29 is 9.53 Å². The standard InChI is InChI=1S/C25H23ClN4O2/c1-4-32-21-11-9-20(10-12-21)27-25(31)23-28-24(18-6-5-7-19(26)15-18)30(29-23)22-13-8-16(2)14-17(22)3/h5-15H,4H2,1-3H3,(H,27,31). The van der Waals surface area contributed by atoms with Crippen LogP contribution >= 0.6 is 11.6 Å². The van der Waals surface area contributed by atoms with Crippen LogP contribution < -0.4 is 10.1 Å². The van der Waals surface area contributed by atoms with Crippen LogP contribution in [0.15, 0.2) is 66.7 Å². The van der Waals surface area contributed by atoms with Gasteiger partial charge in [-0.25, -0.2) is 9.67 Å². The number of hydrogen-bond donors (Lipinski definition) is 1. The number of nitrogens with zero attached hydrogens (tertiary/aromatic N) is 3. The SMILES string of the molecule is CCOc1ccc(NC(=O)c2nc(-c3cccc(Cl)c3)n(-c3ccc(C)cc3C)n2)cc1. The van der Waals surface area contributed by atoms with Gasteiger partial charge in [0.25, 0.3) is 5.91 Å². The number of aromatic nitrogens is 3. The molecular weight excluding hydrogens is 424 g/mol. The maximum absolute atomic E-state index is 13.0. The summed E-state index contributed by atoms with van der Waals surface area (Å²) in [6, 6.07) is 20.6. The molecular formula is C25H23ClN4O2. The predicted octanol–water partition coefficient (Wildman–Crippen LogP) is 5.86. The molecule has 0 radical (unpaired) electrons. The molecule has 1 N–H and O–H groups in total. The molecule has 1 amide bonds. The molecule has 0 spiro atoms. The second-order valence-electron chi connectivity index (χ2n) is 7.38. The van der Waals surface area contributed by atoms with Crippen LogP contribution in [-0.4, -0.2) is 27.3 Å². The highest BCUT2D eigenvalue weighted by Gasteiger charge is 2.20. The summed E-state index contributed by atoms with van der Waals surface area (Å²) in [5.74, 6) is 0.942. The van der Waals surface area contributed by atoms with E-state index in [2.05, 4.69) is 21.5 Å². The second kappa shape index (κ2) is 9.24. The zero-order chi connectivity index (χ0) is 22.7. The summed E-state index contributed by atoms with van der Waals surface area (Å²) in [6.45, 7) is 6.54. The molecule has 0 aliphatic rings. The number of halogens is 1. The van der Waals surface area contributed by atoms with E-state index in [-0.39, 0.29) is 5.82 Å². The molecule has 3 aromatic carbocycles. The van der Waals surface area contributed by atoms with E-state index in [4.69, 9.17) is 16.3 Å². The Kier molecular flexibility index (Phi) is 6.23. The van der Waals surface area contributed by atoms with Gasteiger partial charge in [0.1, 0.15) is 5.75 Å². The van der Waals surface area contributed by atoms with Crippen LogP contribution in [0.2, 0.25) is 5.02 Å². The van der Waals surface area contributed by atoms with E-state index in [9.17, 15) is 4.79 Å². The number of ether oxygens (including phenoxy) is 1. The van der Waals surface area contributed by atoms with Crippen LogP contribution in [0, 0.1) is 13.8 Å². The normalized spacial score (nSPS) is 10.8. The highest BCUT2D eigenvalue weighted by Crippen LogP contribution is 2.26. The van der Waals surface area contributed by atoms with Crippen molar-refractivity contribution in [3.8, 4) is 22.8 Å². The Morgan fingerprint density at radius 2 is 1.84 bits per heavy atom. The van der Waals surface area contributed by atoms with E-state index in [1.54, 1.807) is 41.1 Å². The lowest BCUT2D eigenvalue weighted by Gasteiger charge is -2.10. The first-order chi connectivity index (χ1) is 15.4. The molecule has 1 heterocycles. The van der Waals surface area contributed by atoms with Crippen LogP contribution in [0.3, 0.4) is 0 Å². The van der Waals surface area contributed by atoms with Crippen LogP contribution in [-0.2, 0) is 0 Å². The zero-order valence-corrected chi connectivity index (χ0v) is 18.8. The molecule has 4 rings (SSSR count). The summed E-state index contributed by atoms with van der Waals surface area (Å²) >= 11 is 6.21. The van der Waals surface area contributed by atoms with Gasteiger partial charge in [-0.2, -0.15) is 0 Å². The number of carbonyl (C=O) groups excluding carboxylic acids is 1. The summed E-state index contributed by atoms with van der Waals surface area (Å²) < 4.78 is 7.13. The average Bonchev–Trinajstić information content (AvgIpc) is 3.21. The number of aryl methyl sites for hydroxylation is 2. The van der Waals surface area contributed by atoms with E-state index in [0.717, 1.165) is 28.1 Å². The maximum atomic E-state index is 13.0. The highest BCUT2D eigenvalue weighted by atomic mass is 35.5.